The van der Waals surface area contributed by atoms with E-state index >= 15 is 0 Å². The minimum Gasteiger partial charge on any atom is -0.508 e. The Labute approximate surface area is 146 Å². The molecule has 2 N–H and O–H groups in total. The van der Waals surface area contributed by atoms with Gasteiger partial charge >= 0.3 is 5.97 Å². The Morgan fingerprint density at radius 1 is 1.44 bits per heavy atom. The minimum atomic E-state index is -0.512. The van der Waals surface area contributed by atoms with Crippen LogP contribution in [0.15, 0.2) is 35.5 Å². The van der Waals surface area contributed by atoms with Crippen molar-refractivity contribution in [2.45, 2.75) is 39.7 Å². The van der Waals surface area contributed by atoms with Crippen LogP contribution in [0, 0.1) is 0 Å². The topological polar surface area (TPSA) is 89.3 Å². The van der Waals surface area contributed by atoms with Gasteiger partial charge in [0, 0.05) is 11.6 Å². The van der Waals surface area contributed by atoms with Crippen LogP contribution in [-0.4, -0.2) is 32.4 Å². The van der Waals surface area contributed by atoms with Crippen molar-refractivity contribution < 1.29 is 14.6 Å². The quantitative estimate of drug-likeness (QED) is 0.831. The fourth-order valence-electron chi connectivity index (χ4n) is 2.89. The summed E-state index contributed by atoms with van der Waals surface area (Å²) in [5, 5.41) is 17.6. The van der Waals surface area contributed by atoms with Gasteiger partial charge in [0.05, 0.1) is 12.2 Å². The van der Waals surface area contributed by atoms with E-state index in [4.69, 9.17) is 4.74 Å². The lowest BCUT2D eigenvalue weighted by Crippen LogP contribution is -2.29. The number of anilines is 1. The Morgan fingerprint density at radius 3 is 2.84 bits per heavy atom. The zero-order chi connectivity index (χ0) is 18.1. The number of carbonyl (C=O) groups is 1. The number of phenolic OH excluding ortho intramolecular Hbond substituents is 1. The number of allylic oxidation sites excluding steroid dienone is 1. The molecule has 1 aromatic heterocycles. The Kier molecular flexibility index (Phi) is 4.48. The first-order valence-corrected chi connectivity index (χ1v) is 8.32. The van der Waals surface area contributed by atoms with Gasteiger partial charge in [-0.05, 0) is 31.5 Å². The van der Waals surface area contributed by atoms with Gasteiger partial charge in [-0.2, -0.15) is 10.1 Å². The van der Waals surface area contributed by atoms with Gasteiger partial charge in [-0.3, -0.25) is 0 Å². The first kappa shape index (κ1) is 17.0. The molecule has 0 amide bonds. The maximum Gasteiger partial charge on any atom is 0.338 e. The highest BCUT2D eigenvalue weighted by atomic mass is 16.5. The molecule has 0 saturated carbocycles. The molecule has 1 atom stereocenters. The molecule has 132 valence electrons. The van der Waals surface area contributed by atoms with Gasteiger partial charge in [0.25, 0.3) is 0 Å². The lowest BCUT2D eigenvalue weighted by molar-refractivity contribution is -0.139. The number of nitrogens with zero attached hydrogens (tertiary/aromatic N) is 3. The molecule has 0 spiro atoms. The fourth-order valence-corrected chi connectivity index (χ4v) is 2.89. The molecule has 0 fully saturated rings. The molecule has 1 aliphatic rings. The normalized spacial score (nSPS) is 16.6. The van der Waals surface area contributed by atoms with Gasteiger partial charge in [0.2, 0.25) is 5.95 Å². The molecular formula is C18H22N4O3. The van der Waals surface area contributed by atoms with E-state index in [1.807, 2.05) is 26.8 Å². The van der Waals surface area contributed by atoms with E-state index in [2.05, 4.69) is 15.4 Å². The van der Waals surface area contributed by atoms with Gasteiger partial charge in [-0.15, -0.1) is 0 Å². The number of esters is 1. The van der Waals surface area contributed by atoms with Gasteiger partial charge < -0.3 is 15.2 Å². The number of aromatic hydroxyl groups is 1. The molecule has 7 nitrogen and oxygen atoms in total. The summed E-state index contributed by atoms with van der Waals surface area (Å²) >= 11 is 0. The number of benzene rings is 1. The number of ether oxygens (including phenoxy) is 1. The molecule has 25 heavy (non-hydrogen) atoms. The Hall–Kier alpha value is -2.83. The minimum absolute atomic E-state index is 0.127. The predicted octanol–water partition coefficient (Wildman–Crippen LogP) is 2.96. The summed E-state index contributed by atoms with van der Waals surface area (Å²) in [6.07, 6.45) is 0. The number of phenols is 1. The zero-order valence-electron chi connectivity index (χ0n) is 14.8. The average molecular weight is 342 g/mol. The van der Waals surface area contributed by atoms with Crippen LogP contribution in [0.4, 0.5) is 5.95 Å². The second-order valence-electron chi connectivity index (χ2n) is 6.27. The molecule has 3 rings (SSSR count). The van der Waals surface area contributed by atoms with Gasteiger partial charge in [0.15, 0.2) is 5.82 Å². The van der Waals surface area contributed by atoms with E-state index in [0.717, 1.165) is 5.56 Å². The highest BCUT2D eigenvalue weighted by molar-refractivity contribution is 5.92. The second-order valence-corrected chi connectivity index (χ2v) is 6.27. The highest BCUT2D eigenvalue weighted by Crippen LogP contribution is 2.37. The Balaban J connectivity index is 2.18. The van der Waals surface area contributed by atoms with Crippen molar-refractivity contribution in [2.75, 3.05) is 11.9 Å². The summed E-state index contributed by atoms with van der Waals surface area (Å²) < 4.78 is 6.93. The van der Waals surface area contributed by atoms with E-state index in [-0.39, 0.29) is 18.3 Å². The van der Waals surface area contributed by atoms with Crippen LogP contribution in [-0.2, 0) is 9.53 Å². The van der Waals surface area contributed by atoms with E-state index < -0.39 is 12.0 Å². The van der Waals surface area contributed by atoms with Crippen LogP contribution in [0.5, 0.6) is 5.75 Å². The van der Waals surface area contributed by atoms with Crippen molar-refractivity contribution in [3.63, 3.8) is 0 Å². The monoisotopic (exact) mass is 342 g/mol. The Morgan fingerprint density at radius 2 is 2.20 bits per heavy atom. The van der Waals surface area contributed by atoms with E-state index in [0.29, 0.717) is 23.0 Å². The number of rotatable bonds is 4. The molecule has 0 radical (unpaired) electrons. The first-order chi connectivity index (χ1) is 11.9. The van der Waals surface area contributed by atoms with Gasteiger partial charge in [-0.25, -0.2) is 9.48 Å². The molecule has 1 aromatic carbocycles. The van der Waals surface area contributed by atoms with E-state index in [9.17, 15) is 9.90 Å². The first-order valence-electron chi connectivity index (χ1n) is 8.32. The third-order valence-electron chi connectivity index (χ3n) is 4.07. The van der Waals surface area contributed by atoms with Crippen molar-refractivity contribution in [2.24, 2.45) is 0 Å². The summed E-state index contributed by atoms with van der Waals surface area (Å²) in [5.74, 6) is 1.12. The van der Waals surface area contributed by atoms with Crippen molar-refractivity contribution in [1.29, 1.82) is 0 Å². The second kappa shape index (κ2) is 6.58. The maximum atomic E-state index is 12.6. The summed E-state index contributed by atoms with van der Waals surface area (Å²) in [4.78, 5) is 17.1. The fraction of sp³-hybridized carbons (Fsp3) is 0.389. The van der Waals surface area contributed by atoms with Crippen LogP contribution in [0.1, 0.15) is 51.0 Å². The van der Waals surface area contributed by atoms with Crippen molar-refractivity contribution in [3.8, 4) is 5.75 Å². The third-order valence-corrected chi connectivity index (χ3v) is 4.07. The molecule has 1 aliphatic heterocycles. The number of hydrogen-bond donors (Lipinski definition) is 2. The molecular weight excluding hydrogens is 320 g/mol. The lowest BCUT2D eigenvalue weighted by atomic mass is 9.95. The van der Waals surface area contributed by atoms with Crippen molar-refractivity contribution in [1.82, 2.24) is 14.8 Å². The van der Waals surface area contributed by atoms with Crippen LogP contribution in [0.3, 0.4) is 0 Å². The molecule has 0 aliphatic carbocycles. The molecule has 0 unspecified atom stereocenters. The average Bonchev–Trinajstić information content (AvgIpc) is 2.97. The Bertz CT molecular complexity index is 839. The maximum absolute atomic E-state index is 12.6. The van der Waals surface area contributed by atoms with Crippen LogP contribution < -0.4 is 5.32 Å². The number of carbonyl (C=O) groups excluding carboxylic acids is 1. The number of nitrogens with one attached hydrogen (secondary N) is 1. The summed E-state index contributed by atoms with van der Waals surface area (Å²) in [5.41, 5.74) is 1.87. The van der Waals surface area contributed by atoms with E-state index in [1.54, 1.807) is 29.8 Å². The lowest BCUT2D eigenvalue weighted by Gasteiger charge is -2.28. The SMILES string of the molecule is CCOC(=O)C1=C(C)Nc2nc(C(C)C)nn2[C@H]1c1cccc(O)c1. The summed E-state index contributed by atoms with van der Waals surface area (Å²) in [6, 6.07) is 6.30. The smallest absolute Gasteiger partial charge is 0.338 e. The zero-order valence-corrected chi connectivity index (χ0v) is 14.8. The molecule has 2 heterocycles. The van der Waals surface area contributed by atoms with E-state index in [1.165, 1.54) is 0 Å². The summed E-state index contributed by atoms with van der Waals surface area (Å²) in [6.45, 7) is 7.89. The molecule has 0 bridgehead atoms. The highest BCUT2D eigenvalue weighted by Gasteiger charge is 2.35. The summed E-state index contributed by atoms with van der Waals surface area (Å²) in [7, 11) is 0. The number of fused-ring (bicyclic) bond motifs is 1. The largest absolute Gasteiger partial charge is 0.508 e. The predicted molar refractivity (Wildman–Crippen MR) is 93.3 cm³/mol. The van der Waals surface area contributed by atoms with Gasteiger partial charge in [0.1, 0.15) is 11.8 Å². The van der Waals surface area contributed by atoms with Crippen LogP contribution in [0.2, 0.25) is 0 Å². The molecule has 7 heteroatoms. The number of hydrogen-bond acceptors (Lipinski definition) is 6. The standard InChI is InChI=1S/C18H22N4O3/c1-5-25-17(24)14-11(4)19-18-20-16(10(2)3)21-22(18)15(14)12-7-6-8-13(23)9-12/h6-10,15,23H,5H2,1-4H3,(H,19,20,21)/t15-/m0/s1. The van der Waals surface area contributed by atoms with Crippen molar-refractivity contribution >= 4 is 11.9 Å². The van der Waals surface area contributed by atoms with Crippen LogP contribution in [0.25, 0.3) is 0 Å². The molecule has 2 aromatic rings. The van der Waals surface area contributed by atoms with Crippen molar-refractivity contribution in [3.05, 3.63) is 46.9 Å². The number of aromatic nitrogens is 3. The van der Waals surface area contributed by atoms with Gasteiger partial charge in [-0.1, -0.05) is 26.0 Å². The molecule has 0 saturated heterocycles. The third kappa shape index (κ3) is 3.09. The van der Waals surface area contributed by atoms with Crippen LogP contribution >= 0.6 is 0 Å².